The number of nitrogens with zero attached hydrogens (tertiary/aromatic N) is 2. The van der Waals surface area contributed by atoms with Crippen LogP contribution in [-0.2, 0) is 27.8 Å². The van der Waals surface area contributed by atoms with E-state index in [-0.39, 0.29) is 11.9 Å². The first-order valence-corrected chi connectivity index (χ1v) is 12.0. The number of hydrogen-bond donors (Lipinski definition) is 1. The van der Waals surface area contributed by atoms with Crippen LogP contribution in [0, 0.1) is 0 Å². The average molecular weight is 420 g/mol. The van der Waals surface area contributed by atoms with Gasteiger partial charge in [0.15, 0.2) is 0 Å². The third-order valence-corrected chi connectivity index (χ3v) is 8.04. The number of rotatable bonds is 5. The third-order valence-electron chi connectivity index (χ3n) is 5.48. The molecule has 1 amide bonds. The highest BCUT2D eigenvalue weighted by Crippen LogP contribution is 2.24. The molecule has 28 heavy (non-hydrogen) atoms. The van der Waals surface area contributed by atoms with E-state index in [0.717, 1.165) is 26.1 Å². The van der Waals surface area contributed by atoms with Crippen molar-refractivity contribution >= 4 is 27.3 Å². The molecule has 150 valence electrons. The molecule has 1 fully saturated rings. The van der Waals surface area contributed by atoms with Crippen LogP contribution in [0.25, 0.3) is 0 Å². The van der Waals surface area contributed by atoms with Gasteiger partial charge in [0.1, 0.15) is 0 Å². The molecule has 0 saturated carbocycles. The van der Waals surface area contributed by atoms with Crippen molar-refractivity contribution in [3.8, 4) is 0 Å². The molecule has 3 heterocycles. The quantitative estimate of drug-likeness (QED) is 0.806. The number of nitrogens with one attached hydrogen (secondary N) is 1. The Labute approximate surface area is 170 Å². The maximum absolute atomic E-state index is 12.7. The summed E-state index contributed by atoms with van der Waals surface area (Å²) in [7, 11) is -3.48. The first-order valence-electron chi connectivity index (χ1n) is 9.64. The number of carbonyl (C=O) groups is 1. The molecule has 1 aromatic carbocycles. The summed E-state index contributed by atoms with van der Waals surface area (Å²) in [5, 5.41) is 2.10. The molecule has 4 rings (SSSR count). The van der Waals surface area contributed by atoms with Gasteiger partial charge in [-0.15, -0.1) is 11.3 Å². The molecule has 0 unspecified atom stereocenters. The molecular formula is C20H25N3O3S2. The minimum atomic E-state index is -3.48. The van der Waals surface area contributed by atoms with Crippen molar-refractivity contribution in [2.75, 3.05) is 26.2 Å². The largest absolute Gasteiger partial charge is 0.337 e. The van der Waals surface area contributed by atoms with Crippen LogP contribution in [0.2, 0.25) is 0 Å². The summed E-state index contributed by atoms with van der Waals surface area (Å²) in [6.45, 7) is 3.37. The van der Waals surface area contributed by atoms with Gasteiger partial charge in [0.25, 0.3) is 0 Å². The number of hydrogen-bond acceptors (Lipinski definition) is 5. The van der Waals surface area contributed by atoms with Gasteiger partial charge in [0.05, 0.1) is 11.4 Å². The van der Waals surface area contributed by atoms with Crippen molar-refractivity contribution in [3.05, 3.63) is 52.2 Å². The van der Waals surface area contributed by atoms with Crippen LogP contribution < -0.4 is 4.72 Å². The highest BCUT2D eigenvalue weighted by atomic mass is 32.2. The van der Waals surface area contributed by atoms with Gasteiger partial charge in [-0.3, -0.25) is 9.69 Å². The second-order valence-electron chi connectivity index (χ2n) is 7.42. The summed E-state index contributed by atoms with van der Waals surface area (Å²) in [4.78, 5) is 18.4. The second kappa shape index (κ2) is 8.32. The zero-order valence-corrected chi connectivity index (χ0v) is 17.3. The molecular weight excluding hydrogens is 394 g/mol. The average Bonchev–Trinajstić information content (AvgIpc) is 3.18. The van der Waals surface area contributed by atoms with Gasteiger partial charge in [-0.1, -0.05) is 18.2 Å². The van der Waals surface area contributed by atoms with E-state index in [1.807, 2.05) is 4.90 Å². The predicted molar refractivity (Wildman–Crippen MR) is 110 cm³/mol. The van der Waals surface area contributed by atoms with Gasteiger partial charge in [0, 0.05) is 37.1 Å². The lowest BCUT2D eigenvalue weighted by atomic mass is 10.1. The number of thiophene rings is 1. The lowest BCUT2D eigenvalue weighted by Crippen LogP contribution is -2.48. The molecule has 0 bridgehead atoms. The number of piperidine rings is 1. The number of amides is 1. The monoisotopic (exact) mass is 419 g/mol. The Kier molecular flexibility index (Phi) is 5.82. The Balaban J connectivity index is 1.26. The van der Waals surface area contributed by atoms with E-state index < -0.39 is 10.0 Å². The van der Waals surface area contributed by atoms with Crippen LogP contribution in [-0.4, -0.2) is 56.3 Å². The van der Waals surface area contributed by atoms with Crippen molar-refractivity contribution < 1.29 is 13.2 Å². The number of likely N-dealkylation sites (tertiary alicyclic amines) is 1. The molecule has 6 nitrogen and oxygen atoms in total. The van der Waals surface area contributed by atoms with E-state index in [1.54, 1.807) is 41.7 Å². The van der Waals surface area contributed by atoms with Crippen molar-refractivity contribution in [1.82, 2.24) is 14.5 Å². The summed E-state index contributed by atoms with van der Waals surface area (Å²) in [5.41, 5.74) is 1.28. The molecule has 0 radical (unpaired) electrons. The van der Waals surface area contributed by atoms with Gasteiger partial charge < -0.3 is 4.90 Å². The SMILES string of the molecule is O=C(CN1CCC(NS(=O)(=O)c2ccccc2)CC1)N1CCc2sccc2C1. The highest BCUT2D eigenvalue weighted by Gasteiger charge is 2.27. The maximum atomic E-state index is 12.7. The molecule has 0 atom stereocenters. The predicted octanol–water partition coefficient (Wildman–Crippen LogP) is 2.08. The van der Waals surface area contributed by atoms with Gasteiger partial charge >= 0.3 is 0 Å². The molecule has 2 aliphatic rings. The molecule has 8 heteroatoms. The fourth-order valence-electron chi connectivity index (χ4n) is 3.85. The van der Waals surface area contributed by atoms with Gasteiger partial charge in [-0.05, 0) is 48.4 Å². The van der Waals surface area contributed by atoms with Crippen molar-refractivity contribution in [2.45, 2.75) is 36.7 Å². The second-order valence-corrected chi connectivity index (χ2v) is 10.1. The minimum Gasteiger partial charge on any atom is -0.337 e. The van der Waals surface area contributed by atoms with Gasteiger partial charge in [-0.2, -0.15) is 0 Å². The number of fused-ring (bicyclic) bond motifs is 1. The Morgan fingerprint density at radius 3 is 2.61 bits per heavy atom. The van der Waals surface area contributed by atoms with E-state index in [9.17, 15) is 13.2 Å². The van der Waals surface area contributed by atoms with Crippen LogP contribution >= 0.6 is 11.3 Å². The van der Waals surface area contributed by atoms with Gasteiger partial charge in [-0.25, -0.2) is 13.1 Å². The first-order chi connectivity index (χ1) is 13.5. The number of sulfonamides is 1. The van der Waals surface area contributed by atoms with Crippen LogP contribution in [0.4, 0.5) is 0 Å². The molecule has 1 aromatic heterocycles. The maximum Gasteiger partial charge on any atom is 0.240 e. The summed E-state index contributed by atoms with van der Waals surface area (Å²) in [5.74, 6) is 0.167. The summed E-state index contributed by atoms with van der Waals surface area (Å²) >= 11 is 1.77. The van der Waals surface area contributed by atoms with Crippen LogP contribution in [0.5, 0.6) is 0 Å². The summed E-state index contributed by atoms with van der Waals surface area (Å²) in [6, 6.07) is 10.5. The Bertz CT molecular complexity index is 919. The molecule has 1 saturated heterocycles. The lowest BCUT2D eigenvalue weighted by Gasteiger charge is -2.34. The Morgan fingerprint density at radius 2 is 1.86 bits per heavy atom. The number of benzene rings is 1. The van der Waals surface area contributed by atoms with Crippen molar-refractivity contribution in [2.24, 2.45) is 0 Å². The smallest absolute Gasteiger partial charge is 0.240 e. The van der Waals surface area contributed by atoms with Crippen molar-refractivity contribution in [1.29, 1.82) is 0 Å². The van der Waals surface area contributed by atoms with E-state index in [4.69, 9.17) is 0 Å². The zero-order chi connectivity index (χ0) is 19.6. The summed E-state index contributed by atoms with van der Waals surface area (Å²) in [6.07, 6.45) is 2.38. The van der Waals surface area contributed by atoms with Gasteiger partial charge in [0.2, 0.25) is 15.9 Å². The normalized spacial score (nSPS) is 18.8. The van der Waals surface area contributed by atoms with Crippen LogP contribution in [0.1, 0.15) is 23.3 Å². The Morgan fingerprint density at radius 1 is 1.11 bits per heavy atom. The van der Waals surface area contributed by atoms with E-state index in [1.165, 1.54) is 10.4 Å². The molecule has 1 N–H and O–H groups in total. The topological polar surface area (TPSA) is 69.7 Å². The third kappa shape index (κ3) is 4.46. The minimum absolute atomic E-state index is 0.0834. The molecule has 0 aliphatic carbocycles. The first kappa shape index (κ1) is 19.6. The molecule has 2 aromatic rings. The Hall–Kier alpha value is -1.74. The lowest BCUT2D eigenvalue weighted by molar-refractivity contribution is -0.133. The van der Waals surface area contributed by atoms with Crippen LogP contribution in [0.3, 0.4) is 0 Å². The number of carbonyl (C=O) groups excluding carboxylic acids is 1. The standard InChI is InChI=1S/C20H25N3O3S2/c24-20(23-12-8-19-16(14-23)9-13-27-19)15-22-10-6-17(7-11-22)21-28(25,26)18-4-2-1-3-5-18/h1-5,9,13,17,21H,6-8,10-12,14-15H2. The summed E-state index contributed by atoms with van der Waals surface area (Å²) < 4.78 is 27.7. The van der Waals surface area contributed by atoms with E-state index in [2.05, 4.69) is 21.1 Å². The molecule has 2 aliphatic heterocycles. The van der Waals surface area contributed by atoms with Crippen LogP contribution in [0.15, 0.2) is 46.7 Å². The van der Waals surface area contributed by atoms with E-state index >= 15 is 0 Å². The molecule has 0 spiro atoms. The van der Waals surface area contributed by atoms with E-state index in [0.29, 0.717) is 30.8 Å². The highest BCUT2D eigenvalue weighted by molar-refractivity contribution is 7.89. The fraction of sp³-hybridized carbons (Fsp3) is 0.450. The fourth-order valence-corrected chi connectivity index (χ4v) is 6.06. The van der Waals surface area contributed by atoms with Crippen molar-refractivity contribution in [3.63, 3.8) is 0 Å². The zero-order valence-electron chi connectivity index (χ0n) is 15.7.